The van der Waals surface area contributed by atoms with Crippen molar-refractivity contribution in [1.82, 2.24) is 0 Å². The Morgan fingerprint density at radius 1 is 0.382 bits per heavy atom. The summed E-state index contributed by atoms with van der Waals surface area (Å²) in [6.07, 6.45) is 5.12. The van der Waals surface area contributed by atoms with Crippen LogP contribution in [0.2, 0.25) is 0 Å². The summed E-state index contributed by atoms with van der Waals surface area (Å²) in [5.41, 5.74) is 5.53. The van der Waals surface area contributed by atoms with E-state index >= 15 is 0 Å². The summed E-state index contributed by atoms with van der Waals surface area (Å²) in [6, 6.07) is 0.404. The lowest BCUT2D eigenvalue weighted by Crippen LogP contribution is -2.13. The molecule has 0 aromatic rings. The fourth-order valence-corrected chi connectivity index (χ4v) is 0.716. The molecule has 1 unspecified atom stereocenters. The molecule has 0 amide bonds. The average Bonchev–Trinajstić information content (AvgIpc) is 3.02. The number of hydrogen-bond donors (Lipinski definition) is 1. The van der Waals surface area contributed by atoms with Crippen molar-refractivity contribution in [3.8, 4) is 0 Å². The maximum Gasteiger partial charge on any atom is 0.00104 e. The van der Waals surface area contributed by atoms with Gasteiger partial charge in [-0.15, -0.1) is 171 Å². The Morgan fingerprint density at radius 3 is 0.618 bits per heavy atom. The molecule has 0 saturated carbocycles. The van der Waals surface area contributed by atoms with Crippen LogP contribution in [0.1, 0.15) is 39.5 Å². The van der Waals surface area contributed by atoms with Crippen LogP contribution >= 0.6 is 0 Å². The minimum absolute atomic E-state index is 0.404. The van der Waals surface area contributed by atoms with E-state index in [0.29, 0.717) is 6.04 Å². The largest absolute Gasteiger partial charge is 0.328 e. The zero-order chi connectivity index (χ0) is 32.4. The van der Waals surface area contributed by atoms with E-state index in [1.807, 2.05) is 0 Å². The average molecular weight is 480 g/mol. The molecule has 2 N–H and O–H groups in total. The molecule has 0 saturated heterocycles. The van der Waals surface area contributed by atoms with Crippen molar-refractivity contribution in [2.24, 2.45) is 5.73 Å². The molecule has 0 bridgehead atoms. The molecule has 0 aromatic carbocycles. The number of nitrogens with two attached hydrogens (primary N) is 1. The maximum atomic E-state index is 5.53. The molecule has 206 valence electrons. The topological polar surface area (TPSA) is 26.0 Å². The van der Waals surface area contributed by atoms with Gasteiger partial charge in [0.15, 0.2) is 0 Å². The zero-order valence-electron chi connectivity index (χ0n) is 24.4. The second-order valence-corrected chi connectivity index (χ2v) is 2.47. The highest BCUT2D eigenvalue weighted by molar-refractivity contribution is 4.51. The Hall–Kier alpha value is -3.42. The van der Waals surface area contributed by atoms with E-state index < -0.39 is 0 Å². The van der Waals surface area contributed by atoms with Gasteiger partial charge in [-0.25, -0.2) is 0 Å². The van der Waals surface area contributed by atoms with Gasteiger partial charge in [0.25, 0.3) is 0 Å². The van der Waals surface area contributed by atoms with Gasteiger partial charge < -0.3 is 5.73 Å². The fraction of sp³-hybridized carbons (Fsp3) is 0.212. The molecule has 0 spiro atoms. The SMILES string of the molecule is C=C.C=C.C=C.C=C.C=C.C=C.C=C.C=C.C=C.C=C.C=C.C=C.C=C.CCCCCC(C)N. The van der Waals surface area contributed by atoms with E-state index in [1.165, 1.54) is 25.7 Å². The second kappa shape index (κ2) is 1890. The van der Waals surface area contributed by atoms with Gasteiger partial charge in [0, 0.05) is 6.04 Å². The molecule has 1 nitrogen and oxygen atoms in total. The van der Waals surface area contributed by atoms with Gasteiger partial charge in [0.05, 0.1) is 0 Å². The van der Waals surface area contributed by atoms with Crippen LogP contribution in [0, 0.1) is 0 Å². The summed E-state index contributed by atoms with van der Waals surface area (Å²) in [5.74, 6) is 0. The quantitative estimate of drug-likeness (QED) is 0.315. The van der Waals surface area contributed by atoms with Crippen molar-refractivity contribution >= 4 is 0 Å². The van der Waals surface area contributed by atoms with Crippen LogP contribution in [0.5, 0.6) is 0 Å². The van der Waals surface area contributed by atoms with Gasteiger partial charge >= 0.3 is 0 Å². The third kappa shape index (κ3) is 8710. The van der Waals surface area contributed by atoms with Crippen LogP contribution in [0.3, 0.4) is 0 Å². The molecule has 0 heterocycles. The Bertz CT molecular complexity index is 129. The summed E-state index contributed by atoms with van der Waals surface area (Å²) < 4.78 is 0. The standard InChI is InChI=1S/C7H17N.13C2H4/c1-3-4-5-6-7(2)8;13*1-2/h7H,3-6,8H2,1-2H3;13*1-2H2. The van der Waals surface area contributed by atoms with Gasteiger partial charge in [-0.3, -0.25) is 0 Å². The van der Waals surface area contributed by atoms with Gasteiger partial charge in [-0.05, 0) is 13.3 Å². The molecule has 1 atom stereocenters. The monoisotopic (exact) mass is 480 g/mol. The molecule has 34 heavy (non-hydrogen) atoms. The Kier molecular flexibility index (Phi) is 5400. The molecule has 0 aliphatic heterocycles. The number of unbranched alkanes of at least 4 members (excludes halogenated alkanes) is 2. The summed E-state index contributed by atoms with van der Waals surface area (Å²) in [5, 5.41) is 0. The normalized spacial score (nSPS) is 4.79. The van der Waals surface area contributed by atoms with Gasteiger partial charge in [0.2, 0.25) is 0 Å². The highest BCUT2D eigenvalue weighted by Crippen LogP contribution is 1.99. The van der Waals surface area contributed by atoms with Crippen LogP contribution in [0.15, 0.2) is 171 Å². The van der Waals surface area contributed by atoms with Crippen molar-refractivity contribution in [2.75, 3.05) is 0 Å². The minimum atomic E-state index is 0.404. The number of rotatable bonds is 4. The smallest absolute Gasteiger partial charge is 0.00104 e. The summed E-state index contributed by atoms with van der Waals surface area (Å²) >= 11 is 0. The van der Waals surface area contributed by atoms with Crippen molar-refractivity contribution in [3.05, 3.63) is 171 Å². The van der Waals surface area contributed by atoms with Gasteiger partial charge in [0.1, 0.15) is 0 Å². The lowest BCUT2D eigenvalue weighted by atomic mass is 10.1. The lowest BCUT2D eigenvalue weighted by molar-refractivity contribution is 0.592. The first kappa shape index (κ1) is 97.3. The highest BCUT2D eigenvalue weighted by Gasteiger charge is 1.90. The molecule has 0 rings (SSSR count). The van der Waals surface area contributed by atoms with E-state index in [9.17, 15) is 0 Å². The van der Waals surface area contributed by atoms with Crippen LogP contribution < -0.4 is 5.73 Å². The molecule has 1 heteroatoms. The van der Waals surface area contributed by atoms with Crippen LogP contribution in [0.25, 0.3) is 0 Å². The first-order valence-corrected chi connectivity index (χ1v) is 10.0. The lowest BCUT2D eigenvalue weighted by Gasteiger charge is -2.01. The molecule has 0 aliphatic carbocycles. The number of hydrogen-bond acceptors (Lipinski definition) is 1. The first-order valence-electron chi connectivity index (χ1n) is 10.0. The molecule has 0 aliphatic rings. The van der Waals surface area contributed by atoms with E-state index in [1.54, 1.807) is 0 Å². The molecule has 0 radical (unpaired) electrons. The zero-order valence-corrected chi connectivity index (χ0v) is 24.4. The van der Waals surface area contributed by atoms with Crippen LogP contribution in [-0.4, -0.2) is 6.04 Å². The minimum Gasteiger partial charge on any atom is -0.328 e. The van der Waals surface area contributed by atoms with Gasteiger partial charge in [-0.2, -0.15) is 0 Å². The summed E-state index contributed by atoms with van der Waals surface area (Å²) in [4.78, 5) is 0. The van der Waals surface area contributed by atoms with Gasteiger partial charge in [-0.1, -0.05) is 26.2 Å². The van der Waals surface area contributed by atoms with Crippen LogP contribution in [-0.2, 0) is 0 Å². The van der Waals surface area contributed by atoms with E-state index in [0.717, 1.165) is 0 Å². The fourth-order valence-electron chi connectivity index (χ4n) is 0.716. The van der Waals surface area contributed by atoms with Crippen molar-refractivity contribution in [3.63, 3.8) is 0 Å². The third-order valence-corrected chi connectivity index (χ3v) is 1.26. The van der Waals surface area contributed by atoms with E-state index in [2.05, 4.69) is 185 Å². The summed E-state index contributed by atoms with van der Waals surface area (Å²) in [7, 11) is 0. The molecule has 0 fully saturated rings. The Balaban J connectivity index is -0.0000000113. The maximum absolute atomic E-state index is 5.53. The first-order chi connectivity index (χ1) is 16.8. The predicted octanol–water partition coefficient (Wildman–Crippen LogP) is 12.3. The highest BCUT2D eigenvalue weighted by atomic mass is 14.6. The van der Waals surface area contributed by atoms with E-state index in [-0.39, 0.29) is 0 Å². The second-order valence-electron chi connectivity index (χ2n) is 2.47. The Labute approximate surface area is 222 Å². The molecular formula is C33H69N. The van der Waals surface area contributed by atoms with Crippen LogP contribution in [0.4, 0.5) is 0 Å². The van der Waals surface area contributed by atoms with Crippen molar-refractivity contribution in [1.29, 1.82) is 0 Å². The Morgan fingerprint density at radius 2 is 0.529 bits per heavy atom. The molecule has 0 aromatic heterocycles. The predicted molar refractivity (Wildman–Crippen MR) is 184 cm³/mol. The van der Waals surface area contributed by atoms with Crippen molar-refractivity contribution in [2.45, 2.75) is 45.6 Å². The van der Waals surface area contributed by atoms with Crippen molar-refractivity contribution < 1.29 is 0 Å². The summed E-state index contributed by atoms with van der Waals surface area (Å²) in [6.45, 7) is 82.3. The third-order valence-electron chi connectivity index (χ3n) is 1.26. The van der Waals surface area contributed by atoms with E-state index in [4.69, 9.17) is 5.73 Å². The molecular weight excluding hydrogens is 410 g/mol.